The van der Waals surface area contributed by atoms with Crippen LogP contribution in [0.25, 0.3) is 10.9 Å². The third kappa shape index (κ3) is 2.50. The highest BCUT2D eigenvalue weighted by Crippen LogP contribution is 2.38. The van der Waals surface area contributed by atoms with Crippen molar-refractivity contribution in [3.05, 3.63) is 64.8 Å². The van der Waals surface area contributed by atoms with E-state index in [2.05, 4.69) is 19.1 Å². The van der Waals surface area contributed by atoms with Gasteiger partial charge in [-0.3, -0.25) is 4.98 Å². The monoisotopic (exact) mass is 319 g/mol. The third-order valence-corrected chi connectivity index (χ3v) is 4.44. The number of hydrogen-bond acceptors (Lipinski definition) is 3. The number of carbonyl (C=O) groups is 1. The SMILES string of the molecule is Cc1ccc2nc3c(c(Oc4ccc(C(=O)O)cc4)c2c1)CCC3. The number of fused-ring (bicyclic) bond motifs is 2. The largest absolute Gasteiger partial charge is 0.478 e. The number of aryl methyl sites for hydroxylation is 2. The van der Waals surface area contributed by atoms with Crippen molar-refractivity contribution in [1.82, 2.24) is 4.98 Å². The molecule has 1 aliphatic carbocycles. The lowest BCUT2D eigenvalue weighted by atomic mass is 10.1. The smallest absolute Gasteiger partial charge is 0.335 e. The fourth-order valence-corrected chi connectivity index (χ4v) is 3.23. The lowest BCUT2D eigenvalue weighted by molar-refractivity contribution is 0.0697. The van der Waals surface area contributed by atoms with E-state index in [9.17, 15) is 4.79 Å². The Balaban J connectivity index is 1.83. The zero-order valence-electron chi connectivity index (χ0n) is 13.4. The second kappa shape index (κ2) is 5.64. The van der Waals surface area contributed by atoms with E-state index < -0.39 is 5.97 Å². The zero-order valence-corrected chi connectivity index (χ0v) is 13.4. The van der Waals surface area contributed by atoms with Crippen LogP contribution in [0.15, 0.2) is 42.5 Å². The van der Waals surface area contributed by atoms with Gasteiger partial charge in [0, 0.05) is 16.6 Å². The Bertz CT molecular complexity index is 945. The number of ether oxygens (including phenoxy) is 1. The summed E-state index contributed by atoms with van der Waals surface area (Å²) in [6, 6.07) is 12.7. The van der Waals surface area contributed by atoms with Crippen LogP contribution in [-0.2, 0) is 12.8 Å². The topological polar surface area (TPSA) is 59.4 Å². The van der Waals surface area contributed by atoms with Gasteiger partial charge in [-0.25, -0.2) is 4.79 Å². The summed E-state index contributed by atoms with van der Waals surface area (Å²) in [7, 11) is 0. The third-order valence-electron chi connectivity index (χ3n) is 4.44. The maximum absolute atomic E-state index is 11.0. The number of carboxylic acids is 1. The molecule has 0 amide bonds. The second-order valence-corrected chi connectivity index (χ2v) is 6.17. The van der Waals surface area contributed by atoms with Gasteiger partial charge in [0.2, 0.25) is 0 Å². The summed E-state index contributed by atoms with van der Waals surface area (Å²) in [5, 5.41) is 10.0. The van der Waals surface area contributed by atoms with Crippen LogP contribution in [0.2, 0.25) is 0 Å². The quantitative estimate of drug-likeness (QED) is 0.771. The normalized spacial score (nSPS) is 13.0. The summed E-state index contributed by atoms with van der Waals surface area (Å²) in [5.41, 5.74) is 4.65. The molecule has 0 saturated carbocycles. The first-order chi connectivity index (χ1) is 11.6. The van der Waals surface area contributed by atoms with Crippen molar-refractivity contribution in [3.8, 4) is 11.5 Å². The van der Waals surface area contributed by atoms with Crippen LogP contribution >= 0.6 is 0 Å². The number of pyridine rings is 1. The zero-order chi connectivity index (χ0) is 16.7. The number of hydrogen-bond donors (Lipinski definition) is 1. The van der Waals surface area contributed by atoms with Gasteiger partial charge in [0.15, 0.2) is 0 Å². The van der Waals surface area contributed by atoms with Crippen molar-refractivity contribution >= 4 is 16.9 Å². The molecule has 0 aliphatic heterocycles. The van der Waals surface area contributed by atoms with Gasteiger partial charge in [0.1, 0.15) is 11.5 Å². The highest BCUT2D eigenvalue weighted by molar-refractivity contribution is 5.89. The number of aromatic carboxylic acids is 1. The van der Waals surface area contributed by atoms with Gasteiger partial charge < -0.3 is 9.84 Å². The summed E-state index contributed by atoms with van der Waals surface area (Å²) in [6.07, 6.45) is 3.04. The average molecular weight is 319 g/mol. The minimum atomic E-state index is -0.938. The maximum Gasteiger partial charge on any atom is 0.335 e. The number of benzene rings is 2. The fraction of sp³-hybridized carbons (Fsp3) is 0.200. The van der Waals surface area contributed by atoms with Gasteiger partial charge in [0.25, 0.3) is 0 Å². The van der Waals surface area contributed by atoms with E-state index in [0.29, 0.717) is 5.75 Å². The first kappa shape index (κ1) is 14.7. The van der Waals surface area contributed by atoms with Crippen molar-refractivity contribution in [2.75, 3.05) is 0 Å². The molecule has 4 rings (SSSR count). The van der Waals surface area contributed by atoms with E-state index in [-0.39, 0.29) is 5.56 Å². The lowest BCUT2D eigenvalue weighted by Gasteiger charge is -2.14. The van der Waals surface area contributed by atoms with E-state index in [0.717, 1.165) is 47.2 Å². The summed E-state index contributed by atoms with van der Waals surface area (Å²) in [4.78, 5) is 15.8. The summed E-state index contributed by atoms with van der Waals surface area (Å²) < 4.78 is 6.19. The number of rotatable bonds is 3. The highest BCUT2D eigenvalue weighted by Gasteiger charge is 2.21. The minimum absolute atomic E-state index is 0.253. The Morgan fingerprint density at radius 2 is 1.92 bits per heavy atom. The van der Waals surface area contributed by atoms with Crippen molar-refractivity contribution in [1.29, 1.82) is 0 Å². The van der Waals surface area contributed by atoms with Crippen LogP contribution in [-0.4, -0.2) is 16.1 Å². The van der Waals surface area contributed by atoms with Crippen LogP contribution < -0.4 is 4.74 Å². The van der Waals surface area contributed by atoms with E-state index in [4.69, 9.17) is 14.8 Å². The molecule has 2 aromatic carbocycles. The van der Waals surface area contributed by atoms with Crippen molar-refractivity contribution in [3.63, 3.8) is 0 Å². The molecular weight excluding hydrogens is 302 g/mol. The van der Waals surface area contributed by atoms with E-state index in [1.165, 1.54) is 5.56 Å². The Labute approximate surface area is 139 Å². The van der Waals surface area contributed by atoms with Crippen LogP contribution in [0, 0.1) is 6.92 Å². The second-order valence-electron chi connectivity index (χ2n) is 6.17. The minimum Gasteiger partial charge on any atom is -0.478 e. The molecule has 4 heteroatoms. The molecule has 1 aliphatic rings. The molecule has 0 fully saturated rings. The van der Waals surface area contributed by atoms with Gasteiger partial charge in [-0.05, 0) is 62.6 Å². The molecule has 24 heavy (non-hydrogen) atoms. The van der Waals surface area contributed by atoms with Crippen molar-refractivity contribution in [2.24, 2.45) is 0 Å². The highest BCUT2D eigenvalue weighted by atomic mass is 16.5. The molecule has 3 aromatic rings. The van der Waals surface area contributed by atoms with Crippen LogP contribution in [0.5, 0.6) is 11.5 Å². The molecule has 0 radical (unpaired) electrons. The Morgan fingerprint density at radius 1 is 1.12 bits per heavy atom. The summed E-state index contributed by atoms with van der Waals surface area (Å²) in [6.45, 7) is 2.05. The molecule has 4 nitrogen and oxygen atoms in total. The van der Waals surface area contributed by atoms with E-state index in [1.54, 1.807) is 24.3 Å². The lowest BCUT2D eigenvalue weighted by Crippen LogP contribution is -1.98. The molecule has 0 saturated heterocycles. The van der Waals surface area contributed by atoms with Crippen molar-refractivity contribution < 1.29 is 14.6 Å². The van der Waals surface area contributed by atoms with Gasteiger partial charge in [-0.2, -0.15) is 0 Å². The molecule has 0 spiro atoms. The van der Waals surface area contributed by atoms with Gasteiger partial charge in [0.05, 0.1) is 11.1 Å². The van der Waals surface area contributed by atoms with Crippen LogP contribution in [0.3, 0.4) is 0 Å². The van der Waals surface area contributed by atoms with Gasteiger partial charge in [-0.1, -0.05) is 11.6 Å². The predicted molar refractivity (Wildman–Crippen MR) is 92.0 cm³/mol. The predicted octanol–water partition coefficient (Wildman–Crippen LogP) is 4.52. The average Bonchev–Trinajstić information content (AvgIpc) is 3.04. The standard InChI is InChI=1S/C20H17NO3/c1-12-5-10-18-16(11-12)19(15-3-2-4-17(15)21-18)24-14-8-6-13(7-9-14)20(22)23/h5-11H,2-4H2,1H3,(H,22,23). The molecule has 0 unspecified atom stereocenters. The number of nitrogens with zero attached hydrogens (tertiary/aromatic N) is 1. The molecule has 1 N–H and O–H groups in total. The molecule has 120 valence electrons. The Hall–Kier alpha value is -2.88. The molecule has 1 aromatic heterocycles. The van der Waals surface area contributed by atoms with Crippen LogP contribution in [0.1, 0.15) is 33.6 Å². The fourth-order valence-electron chi connectivity index (χ4n) is 3.23. The molecule has 0 bridgehead atoms. The number of carboxylic acid groups (broad SMARTS) is 1. The Morgan fingerprint density at radius 3 is 2.67 bits per heavy atom. The van der Waals surface area contributed by atoms with Crippen molar-refractivity contribution in [2.45, 2.75) is 26.2 Å². The maximum atomic E-state index is 11.0. The van der Waals surface area contributed by atoms with E-state index >= 15 is 0 Å². The first-order valence-electron chi connectivity index (χ1n) is 8.05. The molecule has 1 heterocycles. The van der Waals surface area contributed by atoms with E-state index in [1.807, 2.05) is 6.07 Å². The molecular formula is C20H17NO3. The summed E-state index contributed by atoms with van der Waals surface area (Å²) >= 11 is 0. The van der Waals surface area contributed by atoms with Gasteiger partial charge in [-0.15, -0.1) is 0 Å². The first-order valence-corrected chi connectivity index (χ1v) is 8.05. The Kier molecular flexibility index (Phi) is 3.45. The van der Waals surface area contributed by atoms with Crippen LogP contribution in [0.4, 0.5) is 0 Å². The number of aromatic nitrogens is 1. The molecule has 0 atom stereocenters. The van der Waals surface area contributed by atoms with Gasteiger partial charge >= 0.3 is 5.97 Å². The summed E-state index contributed by atoms with van der Waals surface area (Å²) in [5.74, 6) is 0.565.